The summed E-state index contributed by atoms with van der Waals surface area (Å²) in [6.07, 6.45) is 2.19. The first-order valence-electron chi connectivity index (χ1n) is 7.19. The molecule has 2 nitrogen and oxygen atoms in total. The van der Waals surface area contributed by atoms with E-state index in [1.54, 1.807) is 0 Å². The van der Waals surface area contributed by atoms with Crippen LogP contribution in [0.1, 0.15) is 38.8 Å². The van der Waals surface area contributed by atoms with Gasteiger partial charge in [-0.3, -0.25) is 4.79 Å². The smallest absolute Gasteiger partial charge is 0.310 e. The zero-order valence-corrected chi connectivity index (χ0v) is 13.1. The van der Waals surface area contributed by atoms with Gasteiger partial charge >= 0.3 is 5.97 Å². The third-order valence-electron chi connectivity index (χ3n) is 4.18. The van der Waals surface area contributed by atoms with Crippen molar-refractivity contribution in [2.45, 2.75) is 41.2 Å². The van der Waals surface area contributed by atoms with Crippen molar-refractivity contribution in [3.05, 3.63) is 47.0 Å². The lowest BCUT2D eigenvalue weighted by molar-refractivity contribution is -0.147. The van der Waals surface area contributed by atoms with Gasteiger partial charge in [0.2, 0.25) is 0 Å². The second kappa shape index (κ2) is 5.43. The summed E-state index contributed by atoms with van der Waals surface area (Å²) in [5.74, 6) is 0.249. The van der Waals surface area contributed by atoms with Gasteiger partial charge in [0, 0.05) is 0 Å². The molecule has 0 spiro atoms. The number of allylic oxidation sites excluding steroid dienone is 2. The zero-order valence-electron chi connectivity index (χ0n) is 13.1. The first kappa shape index (κ1) is 14.8. The van der Waals surface area contributed by atoms with Crippen LogP contribution in [-0.4, -0.2) is 5.97 Å². The maximum atomic E-state index is 12.2. The van der Waals surface area contributed by atoms with E-state index < -0.39 is 0 Å². The molecule has 1 saturated carbocycles. The molecule has 20 heavy (non-hydrogen) atoms. The molecule has 1 aromatic carbocycles. The van der Waals surface area contributed by atoms with Gasteiger partial charge in [-0.2, -0.15) is 0 Å². The summed E-state index contributed by atoms with van der Waals surface area (Å²) >= 11 is 0. The van der Waals surface area contributed by atoms with Crippen LogP contribution in [0.3, 0.4) is 0 Å². The number of carbonyl (C=O) groups excluding carboxylic acids is 1. The van der Waals surface area contributed by atoms with Crippen LogP contribution in [0.4, 0.5) is 0 Å². The second-order valence-corrected chi connectivity index (χ2v) is 6.66. The summed E-state index contributed by atoms with van der Waals surface area (Å²) in [5.41, 5.74) is 3.55. The Kier molecular flexibility index (Phi) is 4.03. The van der Waals surface area contributed by atoms with Crippen molar-refractivity contribution in [1.82, 2.24) is 0 Å². The molecule has 0 N–H and O–H groups in total. The van der Waals surface area contributed by atoms with Crippen molar-refractivity contribution in [1.29, 1.82) is 0 Å². The molecule has 2 heteroatoms. The molecule has 2 atom stereocenters. The molecule has 0 heterocycles. The molecule has 0 bridgehead atoms. The Bertz CT molecular complexity index is 519. The Morgan fingerprint density at radius 1 is 1.25 bits per heavy atom. The summed E-state index contributed by atoms with van der Waals surface area (Å²) < 4.78 is 5.47. The highest BCUT2D eigenvalue weighted by molar-refractivity contribution is 5.78. The molecule has 0 aromatic heterocycles. The van der Waals surface area contributed by atoms with Crippen LogP contribution in [0.15, 0.2) is 35.9 Å². The molecule has 1 aliphatic carbocycles. The Hall–Kier alpha value is -1.57. The quantitative estimate of drug-likeness (QED) is 0.604. The average Bonchev–Trinajstić information content (AvgIpc) is 2.89. The van der Waals surface area contributed by atoms with Crippen molar-refractivity contribution in [2.24, 2.45) is 17.3 Å². The van der Waals surface area contributed by atoms with Gasteiger partial charge in [-0.25, -0.2) is 0 Å². The van der Waals surface area contributed by atoms with Crippen LogP contribution in [-0.2, 0) is 16.1 Å². The molecule has 1 unspecified atom stereocenters. The fraction of sp³-hybridized carbons (Fsp3) is 0.500. The lowest BCUT2D eigenvalue weighted by atomic mass is 10.1. The highest BCUT2D eigenvalue weighted by Gasteiger charge is 2.61. The lowest BCUT2D eigenvalue weighted by Crippen LogP contribution is -2.10. The number of aryl methyl sites for hydroxylation is 1. The highest BCUT2D eigenvalue weighted by atomic mass is 16.5. The van der Waals surface area contributed by atoms with Gasteiger partial charge in [0.1, 0.15) is 6.61 Å². The van der Waals surface area contributed by atoms with Crippen molar-refractivity contribution in [3.8, 4) is 0 Å². The summed E-state index contributed by atoms with van der Waals surface area (Å²) in [6.45, 7) is 10.8. The molecule has 108 valence electrons. The van der Waals surface area contributed by atoms with E-state index in [1.165, 1.54) is 11.1 Å². The molecule has 2 rings (SSSR count). The topological polar surface area (TPSA) is 26.3 Å². The fourth-order valence-corrected chi connectivity index (χ4v) is 2.73. The predicted octanol–water partition coefficient (Wildman–Crippen LogP) is 4.28. The van der Waals surface area contributed by atoms with Crippen LogP contribution in [0.5, 0.6) is 0 Å². The lowest BCUT2D eigenvalue weighted by Gasteiger charge is -2.06. The van der Waals surface area contributed by atoms with Crippen LogP contribution >= 0.6 is 0 Å². The van der Waals surface area contributed by atoms with Gasteiger partial charge < -0.3 is 4.74 Å². The number of benzene rings is 1. The molecular formula is C18H24O2. The highest BCUT2D eigenvalue weighted by Crippen LogP contribution is 2.59. The summed E-state index contributed by atoms with van der Waals surface area (Å²) in [4.78, 5) is 12.2. The van der Waals surface area contributed by atoms with Crippen molar-refractivity contribution >= 4 is 5.97 Å². The van der Waals surface area contributed by atoms with Gasteiger partial charge in [-0.05, 0) is 37.7 Å². The minimum absolute atomic E-state index is 0.00264. The number of ether oxygens (including phenoxy) is 1. The number of carbonyl (C=O) groups is 1. The van der Waals surface area contributed by atoms with Crippen molar-refractivity contribution in [3.63, 3.8) is 0 Å². The van der Waals surface area contributed by atoms with Crippen molar-refractivity contribution in [2.75, 3.05) is 0 Å². The van der Waals surface area contributed by atoms with E-state index in [4.69, 9.17) is 4.74 Å². The van der Waals surface area contributed by atoms with E-state index in [-0.39, 0.29) is 17.3 Å². The molecule has 1 fully saturated rings. The molecule has 0 aliphatic heterocycles. The minimum Gasteiger partial charge on any atom is -0.461 e. The second-order valence-electron chi connectivity index (χ2n) is 6.66. The van der Waals surface area contributed by atoms with Gasteiger partial charge in [0.05, 0.1) is 5.92 Å². The number of hydrogen-bond donors (Lipinski definition) is 0. The normalized spacial score (nSPS) is 23.1. The van der Waals surface area contributed by atoms with E-state index in [0.717, 1.165) is 5.56 Å². The summed E-state index contributed by atoms with van der Waals surface area (Å²) in [6, 6.07) is 8.09. The monoisotopic (exact) mass is 272 g/mol. The summed E-state index contributed by atoms with van der Waals surface area (Å²) in [7, 11) is 0. The van der Waals surface area contributed by atoms with Gasteiger partial charge in [0.15, 0.2) is 0 Å². The van der Waals surface area contributed by atoms with Crippen molar-refractivity contribution < 1.29 is 9.53 Å². The first-order valence-corrected chi connectivity index (χ1v) is 7.19. The number of esters is 1. The van der Waals surface area contributed by atoms with E-state index in [2.05, 4.69) is 33.8 Å². The molecular weight excluding hydrogens is 248 g/mol. The molecule has 1 aromatic rings. The van der Waals surface area contributed by atoms with Gasteiger partial charge in [0.25, 0.3) is 0 Å². The van der Waals surface area contributed by atoms with Crippen LogP contribution in [0.2, 0.25) is 0 Å². The predicted molar refractivity (Wildman–Crippen MR) is 81.2 cm³/mol. The zero-order chi connectivity index (χ0) is 14.9. The average molecular weight is 272 g/mol. The molecule has 1 aliphatic rings. The van der Waals surface area contributed by atoms with E-state index in [0.29, 0.717) is 12.5 Å². The molecule has 0 radical (unpaired) electrons. The van der Waals surface area contributed by atoms with Crippen LogP contribution in [0, 0.1) is 24.2 Å². The van der Waals surface area contributed by atoms with Gasteiger partial charge in [-0.1, -0.05) is 55.3 Å². The Morgan fingerprint density at radius 2 is 1.85 bits per heavy atom. The van der Waals surface area contributed by atoms with E-state index in [1.807, 2.05) is 31.2 Å². The number of hydrogen-bond acceptors (Lipinski definition) is 2. The maximum Gasteiger partial charge on any atom is 0.310 e. The third kappa shape index (κ3) is 3.12. The van der Waals surface area contributed by atoms with E-state index >= 15 is 0 Å². The third-order valence-corrected chi connectivity index (χ3v) is 4.18. The minimum atomic E-state index is -0.0712. The van der Waals surface area contributed by atoms with Crippen LogP contribution < -0.4 is 0 Å². The first-order chi connectivity index (χ1) is 9.32. The summed E-state index contributed by atoms with van der Waals surface area (Å²) in [5, 5.41) is 0. The largest absolute Gasteiger partial charge is 0.461 e. The Labute approximate surface area is 121 Å². The van der Waals surface area contributed by atoms with E-state index in [9.17, 15) is 4.79 Å². The Balaban J connectivity index is 1.93. The Morgan fingerprint density at radius 3 is 2.40 bits per heavy atom. The molecule has 0 saturated heterocycles. The SMILES string of the molecule is CC(C)=CC1[C@@H](C(=O)OCc2ccc(C)cc2)C1(C)C. The fourth-order valence-electron chi connectivity index (χ4n) is 2.73. The van der Waals surface area contributed by atoms with Gasteiger partial charge in [-0.15, -0.1) is 0 Å². The number of rotatable bonds is 4. The standard InChI is InChI=1S/C18H24O2/c1-12(2)10-15-16(18(15,4)5)17(19)20-11-14-8-6-13(3)7-9-14/h6-10,15-16H,11H2,1-5H3/t15?,16-/m0/s1. The van der Waals surface area contributed by atoms with Crippen LogP contribution in [0.25, 0.3) is 0 Å². The molecule has 0 amide bonds. The maximum absolute atomic E-state index is 12.2.